The Morgan fingerprint density at radius 3 is 2.59 bits per heavy atom. The van der Waals surface area contributed by atoms with Gasteiger partial charge in [-0.2, -0.15) is 0 Å². The lowest BCUT2D eigenvalue weighted by molar-refractivity contribution is -0.128. The van der Waals surface area contributed by atoms with Crippen LogP contribution in [-0.4, -0.2) is 5.97 Å². The Kier molecular flexibility index (Phi) is 4.62. The van der Waals surface area contributed by atoms with Crippen molar-refractivity contribution in [3.05, 3.63) is 68.3 Å². The molecule has 110 valence electrons. The van der Waals surface area contributed by atoms with Crippen LogP contribution in [0.25, 0.3) is 16.8 Å². The zero-order chi connectivity index (χ0) is 15.5. The van der Waals surface area contributed by atoms with Crippen LogP contribution in [0.5, 0.6) is 5.75 Å². The molecule has 0 aliphatic heterocycles. The summed E-state index contributed by atoms with van der Waals surface area (Å²) in [5, 5.41) is 2.31. The molecule has 0 aliphatic rings. The van der Waals surface area contributed by atoms with E-state index < -0.39 is 5.97 Å². The predicted octanol–water partition coefficient (Wildman–Crippen LogP) is 5.94. The lowest BCUT2D eigenvalue weighted by Gasteiger charge is -2.07. The number of hydrogen-bond donors (Lipinski definition) is 0. The summed E-state index contributed by atoms with van der Waals surface area (Å²) in [6.45, 7) is 0. The molecule has 5 heteroatoms. The molecular formula is C17H10BrClO2S. The van der Waals surface area contributed by atoms with Crippen molar-refractivity contribution in [2.24, 2.45) is 0 Å². The summed E-state index contributed by atoms with van der Waals surface area (Å²) < 4.78 is 6.44. The van der Waals surface area contributed by atoms with E-state index in [9.17, 15) is 4.79 Å². The highest BCUT2D eigenvalue weighted by Gasteiger charge is 2.08. The van der Waals surface area contributed by atoms with Crippen molar-refractivity contribution in [1.29, 1.82) is 0 Å². The van der Waals surface area contributed by atoms with Crippen molar-refractivity contribution in [3.63, 3.8) is 0 Å². The standard InChI is InChI=1S/C17H10BrClO2S/c18-16-9-5-11(22-16)6-10-17(20)21-15-8-7-14(19)12-3-1-2-4-13(12)15/h1-10H. The fourth-order valence-electron chi connectivity index (χ4n) is 2.03. The van der Waals surface area contributed by atoms with Gasteiger partial charge in [-0.3, -0.25) is 0 Å². The third-order valence-corrected chi connectivity index (χ3v) is 4.94. The van der Waals surface area contributed by atoms with E-state index in [1.807, 2.05) is 36.4 Å². The topological polar surface area (TPSA) is 26.3 Å². The van der Waals surface area contributed by atoms with Gasteiger partial charge in [-0.25, -0.2) is 4.79 Å². The van der Waals surface area contributed by atoms with Gasteiger partial charge in [0.25, 0.3) is 0 Å². The molecule has 0 saturated carbocycles. The lowest BCUT2D eigenvalue weighted by Crippen LogP contribution is -2.03. The molecule has 0 atom stereocenters. The van der Waals surface area contributed by atoms with Gasteiger partial charge in [-0.05, 0) is 46.3 Å². The number of rotatable bonds is 3. The Labute approximate surface area is 145 Å². The van der Waals surface area contributed by atoms with Crippen LogP contribution in [0.3, 0.4) is 0 Å². The molecule has 2 aromatic carbocycles. The van der Waals surface area contributed by atoms with Gasteiger partial charge >= 0.3 is 5.97 Å². The number of carbonyl (C=O) groups is 1. The van der Waals surface area contributed by atoms with Crippen LogP contribution >= 0.6 is 38.9 Å². The average molecular weight is 394 g/mol. The van der Waals surface area contributed by atoms with Crippen LogP contribution in [0.15, 0.2) is 58.4 Å². The molecule has 0 radical (unpaired) electrons. The van der Waals surface area contributed by atoms with Gasteiger partial charge in [0, 0.05) is 26.7 Å². The monoisotopic (exact) mass is 392 g/mol. The molecular weight excluding hydrogens is 384 g/mol. The van der Waals surface area contributed by atoms with E-state index >= 15 is 0 Å². The highest BCUT2D eigenvalue weighted by Crippen LogP contribution is 2.31. The minimum Gasteiger partial charge on any atom is -0.423 e. The third kappa shape index (κ3) is 3.40. The van der Waals surface area contributed by atoms with Crippen molar-refractivity contribution >= 4 is 61.7 Å². The smallest absolute Gasteiger partial charge is 0.336 e. The number of hydrogen-bond acceptors (Lipinski definition) is 3. The molecule has 0 amide bonds. The van der Waals surface area contributed by atoms with Gasteiger partial charge in [-0.15, -0.1) is 11.3 Å². The Morgan fingerprint density at radius 1 is 1.09 bits per heavy atom. The second-order valence-corrected chi connectivity index (χ2v) is 7.39. The maximum absolute atomic E-state index is 12.0. The minimum atomic E-state index is -0.419. The highest BCUT2D eigenvalue weighted by atomic mass is 79.9. The molecule has 0 unspecified atom stereocenters. The molecule has 2 nitrogen and oxygen atoms in total. The van der Waals surface area contributed by atoms with E-state index in [-0.39, 0.29) is 0 Å². The third-order valence-electron chi connectivity index (χ3n) is 3.02. The summed E-state index contributed by atoms with van der Waals surface area (Å²) in [6.07, 6.45) is 3.15. The number of carbonyl (C=O) groups excluding carboxylic acids is 1. The SMILES string of the molecule is O=C(C=Cc1ccc(Br)s1)Oc1ccc(Cl)c2ccccc12. The number of benzene rings is 2. The Morgan fingerprint density at radius 2 is 1.86 bits per heavy atom. The normalized spacial score (nSPS) is 11.2. The van der Waals surface area contributed by atoms with Gasteiger partial charge in [0.15, 0.2) is 0 Å². The fraction of sp³-hybridized carbons (Fsp3) is 0. The average Bonchev–Trinajstić information content (AvgIpc) is 2.94. The van der Waals surface area contributed by atoms with Gasteiger partial charge in [0.1, 0.15) is 5.75 Å². The zero-order valence-electron chi connectivity index (χ0n) is 11.3. The second kappa shape index (κ2) is 6.65. The number of ether oxygens (including phenoxy) is 1. The van der Waals surface area contributed by atoms with E-state index in [0.717, 1.165) is 19.4 Å². The van der Waals surface area contributed by atoms with Crippen molar-refractivity contribution in [1.82, 2.24) is 0 Å². The first-order chi connectivity index (χ1) is 10.6. The van der Waals surface area contributed by atoms with Crippen LogP contribution in [0.1, 0.15) is 4.88 Å². The maximum Gasteiger partial charge on any atom is 0.336 e. The minimum absolute atomic E-state index is 0.419. The molecule has 22 heavy (non-hydrogen) atoms. The second-order valence-electron chi connectivity index (χ2n) is 4.49. The molecule has 0 saturated heterocycles. The molecule has 1 heterocycles. The molecule has 0 N–H and O–H groups in total. The summed E-state index contributed by atoms with van der Waals surface area (Å²) in [4.78, 5) is 12.9. The van der Waals surface area contributed by atoms with E-state index in [4.69, 9.17) is 16.3 Å². The molecule has 0 bridgehead atoms. The van der Waals surface area contributed by atoms with E-state index in [2.05, 4.69) is 15.9 Å². The quantitative estimate of drug-likeness (QED) is 0.313. The summed E-state index contributed by atoms with van der Waals surface area (Å²) in [7, 11) is 0. The van der Waals surface area contributed by atoms with Gasteiger partial charge < -0.3 is 4.74 Å². The van der Waals surface area contributed by atoms with Crippen molar-refractivity contribution in [2.45, 2.75) is 0 Å². The summed E-state index contributed by atoms with van der Waals surface area (Å²) in [5.74, 6) is 0.0824. The van der Waals surface area contributed by atoms with Gasteiger partial charge in [0.05, 0.1) is 3.79 Å². The van der Waals surface area contributed by atoms with Crippen LogP contribution in [0.2, 0.25) is 5.02 Å². The number of esters is 1. The van der Waals surface area contributed by atoms with Crippen LogP contribution < -0.4 is 4.74 Å². The van der Waals surface area contributed by atoms with E-state index in [1.165, 1.54) is 6.08 Å². The first kappa shape index (κ1) is 15.3. The molecule has 3 aromatic rings. The van der Waals surface area contributed by atoms with Gasteiger partial charge in [-0.1, -0.05) is 35.9 Å². The molecule has 0 spiro atoms. The first-order valence-corrected chi connectivity index (χ1v) is 8.45. The molecule has 0 fully saturated rings. The largest absolute Gasteiger partial charge is 0.423 e. The summed E-state index contributed by atoms with van der Waals surface area (Å²) in [5.41, 5.74) is 0. The van der Waals surface area contributed by atoms with Crippen molar-refractivity contribution in [3.8, 4) is 5.75 Å². The zero-order valence-corrected chi connectivity index (χ0v) is 14.4. The summed E-state index contributed by atoms with van der Waals surface area (Å²) >= 11 is 11.1. The molecule has 0 aliphatic carbocycles. The van der Waals surface area contributed by atoms with Crippen LogP contribution in [0, 0.1) is 0 Å². The Balaban J connectivity index is 1.82. The number of thiophene rings is 1. The molecule has 3 rings (SSSR count). The Hall–Kier alpha value is -1.62. The maximum atomic E-state index is 12.0. The van der Waals surface area contributed by atoms with E-state index in [1.54, 1.807) is 29.5 Å². The van der Waals surface area contributed by atoms with Gasteiger partial charge in [0.2, 0.25) is 0 Å². The van der Waals surface area contributed by atoms with Crippen molar-refractivity contribution < 1.29 is 9.53 Å². The Bertz CT molecular complexity index is 870. The fourth-order valence-corrected chi connectivity index (χ4v) is 3.59. The number of halogens is 2. The van der Waals surface area contributed by atoms with Crippen molar-refractivity contribution in [2.75, 3.05) is 0 Å². The van der Waals surface area contributed by atoms with Crippen LogP contribution in [0.4, 0.5) is 0 Å². The summed E-state index contributed by atoms with van der Waals surface area (Å²) in [6, 6.07) is 14.9. The van der Waals surface area contributed by atoms with Crippen LogP contribution in [-0.2, 0) is 4.79 Å². The predicted molar refractivity (Wildman–Crippen MR) is 95.6 cm³/mol. The number of fused-ring (bicyclic) bond motifs is 1. The first-order valence-electron chi connectivity index (χ1n) is 6.46. The highest BCUT2D eigenvalue weighted by molar-refractivity contribution is 9.11. The van der Waals surface area contributed by atoms with E-state index in [0.29, 0.717) is 10.8 Å². The lowest BCUT2D eigenvalue weighted by atomic mass is 10.1. The molecule has 1 aromatic heterocycles.